The van der Waals surface area contributed by atoms with Gasteiger partial charge < -0.3 is 0 Å². The zero-order valence-corrected chi connectivity index (χ0v) is 15.0. The zero-order valence-electron chi connectivity index (χ0n) is 13.4. The third kappa shape index (κ3) is 3.75. The summed E-state index contributed by atoms with van der Waals surface area (Å²) >= 11 is 7.47. The van der Waals surface area contributed by atoms with Gasteiger partial charge in [-0.05, 0) is 19.1 Å². The van der Waals surface area contributed by atoms with Gasteiger partial charge in [0.2, 0.25) is 5.91 Å². The highest BCUT2D eigenvalue weighted by molar-refractivity contribution is 7.19. The summed E-state index contributed by atoms with van der Waals surface area (Å²) in [4.78, 5) is 28.2. The topological polar surface area (TPSA) is 95.8 Å². The molecule has 2 heterocycles. The van der Waals surface area contributed by atoms with Crippen molar-refractivity contribution in [3.05, 3.63) is 35.3 Å². The van der Waals surface area contributed by atoms with Crippen molar-refractivity contribution in [1.29, 1.82) is 0 Å². The minimum absolute atomic E-state index is 0.281. The SMILES string of the molecule is CC(=O)NNC(=O)/C(=C\C1C(C)=NN=C1Cl)c1nc2ccccc2s1. The fraction of sp³-hybridized carbons (Fsp3) is 0.188. The van der Waals surface area contributed by atoms with Crippen LogP contribution in [0.15, 0.2) is 40.5 Å². The average Bonchev–Trinajstić information content (AvgIpc) is 3.14. The van der Waals surface area contributed by atoms with Crippen molar-refractivity contribution in [2.45, 2.75) is 13.8 Å². The predicted octanol–water partition coefficient (Wildman–Crippen LogP) is 2.49. The molecular weight excluding hydrogens is 362 g/mol. The molecule has 9 heteroatoms. The summed E-state index contributed by atoms with van der Waals surface area (Å²) in [6, 6.07) is 7.58. The molecule has 0 saturated carbocycles. The van der Waals surface area contributed by atoms with Crippen molar-refractivity contribution in [1.82, 2.24) is 15.8 Å². The van der Waals surface area contributed by atoms with Gasteiger partial charge in [-0.25, -0.2) is 4.98 Å². The number of thiazole rings is 1. The molecular formula is C16H14ClN5O2S. The van der Waals surface area contributed by atoms with Gasteiger partial charge in [0.05, 0.1) is 27.4 Å². The summed E-state index contributed by atoms with van der Waals surface area (Å²) in [5, 5.41) is 8.56. The van der Waals surface area contributed by atoms with Crippen LogP contribution >= 0.6 is 22.9 Å². The summed E-state index contributed by atoms with van der Waals surface area (Å²) in [6.45, 7) is 3.08. The molecule has 0 radical (unpaired) electrons. The quantitative estimate of drug-likeness (QED) is 0.637. The van der Waals surface area contributed by atoms with Crippen molar-refractivity contribution < 1.29 is 9.59 Å². The third-order valence-electron chi connectivity index (χ3n) is 3.46. The zero-order chi connectivity index (χ0) is 18.0. The molecule has 1 atom stereocenters. The molecule has 3 rings (SSSR count). The lowest BCUT2D eigenvalue weighted by Crippen LogP contribution is -2.40. The Morgan fingerprint density at radius 3 is 2.64 bits per heavy atom. The second-order valence-electron chi connectivity index (χ2n) is 5.34. The second-order valence-corrected chi connectivity index (χ2v) is 6.76. The van der Waals surface area contributed by atoms with Crippen LogP contribution in [0.25, 0.3) is 15.8 Å². The molecule has 0 aliphatic carbocycles. The Morgan fingerprint density at radius 1 is 1.24 bits per heavy atom. The first-order valence-electron chi connectivity index (χ1n) is 7.38. The highest BCUT2D eigenvalue weighted by atomic mass is 35.5. The number of carbonyl (C=O) groups is 2. The molecule has 0 fully saturated rings. The van der Waals surface area contributed by atoms with Crippen LogP contribution in [-0.2, 0) is 9.59 Å². The molecule has 2 aromatic rings. The Labute approximate surface area is 152 Å². The summed E-state index contributed by atoms with van der Waals surface area (Å²) in [6.07, 6.45) is 1.66. The van der Waals surface area contributed by atoms with Gasteiger partial charge in [0, 0.05) is 6.92 Å². The number of hydrogen-bond acceptors (Lipinski definition) is 6. The molecule has 2 N–H and O–H groups in total. The number of halogens is 1. The van der Waals surface area contributed by atoms with E-state index in [1.54, 1.807) is 13.0 Å². The standard InChI is InChI=1S/C16H14ClN5O2S/c1-8-10(14(17)21-19-8)7-11(15(24)22-20-9(2)23)16-18-12-5-3-4-6-13(12)25-16/h3-7,10H,1-2H3,(H,20,23)(H,22,24)/b11-7+. The molecule has 0 spiro atoms. The van der Waals surface area contributed by atoms with Crippen molar-refractivity contribution in [3.63, 3.8) is 0 Å². The molecule has 0 saturated heterocycles. The number of amides is 2. The fourth-order valence-electron chi connectivity index (χ4n) is 2.22. The van der Waals surface area contributed by atoms with E-state index in [4.69, 9.17) is 11.6 Å². The van der Waals surface area contributed by atoms with E-state index in [1.165, 1.54) is 18.3 Å². The minimum Gasteiger partial charge on any atom is -0.274 e. The van der Waals surface area contributed by atoms with Crippen LogP contribution in [0, 0.1) is 5.92 Å². The maximum absolute atomic E-state index is 12.6. The van der Waals surface area contributed by atoms with Crippen LogP contribution in [0.5, 0.6) is 0 Å². The van der Waals surface area contributed by atoms with Gasteiger partial charge in [0.25, 0.3) is 5.91 Å². The van der Waals surface area contributed by atoms with Crippen molar-refractivity contribution in [2.75, 3.05) is 0 Å². The molecule has 1 aliphatic rings. The van der Waals surface area contributed by atoms with Gasteiger partial charge in [0.1, 0.15) is 10.2 Å². The van der Waals surface area contributed by atoms with Crippen LogP contribution in [0.1, 0.15) is 18.9 Å². The Balaban J connectivity index is 2.02. The molecule has 128 valence electrons. The van der Waals surface area contributed by atoms with E-state index < -0.39 is 11.8 Å². The third-order valence-corrected chi connectivity index (χ3v) is 4.84. The molecule has 0 bridgehead atoms. The second kappa shape index (κ2) is 7.12. The van der Waals surface area contributed by atoms with Crippen molar-refractivity contribution in [2.24, 2.45) is 16.1 Å². The van der Waals surface area contributed by atoms with Crippen LogP contribution < -0.4 is 10.9 Å². The minimum atomic E-state index is -0.488. The number of hydrazine groups is 1. The molecule has 1 aromatic carbocycles. The molecule has 1 aliphatic heterocycles. The smallest absolute Gasteiger partial charge is 0.272 e. The Kier molecular flexibility index (Phi) is 4.91. The van der Waals surface area contributed by atoms with E-state index in [0.717, 1.165) is 10.2 Å². The Bertz CT molecular complexity index is 896. The van der Waals surface area contributed by atoms with E-state index in [9.17, 15) is 9.59 Å². The highest BCUT2D eigenvalue weighted by Crippen LogP contribution is 2.29. The predicted molar refractivity (Wildman–Crippen MR) is 99.4 cm³/mol. The largest absolute Gasteiger partial charge is 0.274 e. The first kappa shape index (κ1) is 17.2. The van der Waals surface area contributed by atoms with Crippen LogP contribution in [0.4, 0.5) is 0 Å². The Hall–Kier alpha value is -2.58. The monoisotopic (exact) mass is 375 g/mol. The van der Waals surface area contributed by atoms with E-state index in [2.05, 4.69) is 26.0 Å². The van der Waals surface area contributed by atoms with Crippen molar-refractivity contribution in [3.8, 4) is 0 Å². The van der Waals surface area contributed by atoms with Gasteiger partial charge in [-0.3, -0.25) is 20.4 Å². The number of hydrogen-bond donors (Lipinski definition) is 2. The number of aromatic nitrogens is 1. The number of nitrogens with one attached hydrogen (secondary N) is 2. The summed E-state index contributed by atoms with van der Waals surface area (Å²) in [5.74, 6) is -1.26. The number of carbonyl (C=O) groups excluding carboxylic acids is 2. The van der Waals surface area contributed by atoms with Crippen LogP contribution in [0.2, 0.25) is 0 Å². The fourth-order valence-corrected chi connectivity index (χ4v) is 3.47. The number of nitrogens with zero attached hydrogens (tertiary/aromatic N) is 3. The van der Waals surface area contributed by atoms with Crippen LogP contribution in [-0.4, -0.2) is 27.7 Å². The highest BCUT2D eigenvalue weighted by Gasteiger charge is 2.25. The van der Waals surface area contributed by atoms with Crippen LogP contribution in [0.3, 0.4) is 0 Å². The van der Waals surface area contributed by atoms with Crippen molar-refractivity contribution >= 4 is 61.4 Å². The maximum atomic E-state index is 12.6. The summed E-state index contributed by atoms with van der Waals surface area (Å²) in [7, 11) is 0. The Morgan fingerprint density at radius 2 is 2.00 bits per heavy atom. The number of para-hydroxylation sites is 1. The van der Waals surface area contributed by atoms with Gasteiger partial charge in [0.15, 0.2) is 0 Å². The lowest BCUT2D eigenvalue weighted by molar-refractivity contribution is -0.124. The normalized spacial score (nSPS) is 17.2. The summed E-state index contributed by atoms with van der Waals surface area (Å²) < 4.78 is 0.951. The van der Waals surface area contributed by atoms with Gasteiger partial charge in [-0.1, -0.05) is 29.8 Å². The first-order chi connectivity index (χ1) is 12.0. The lowest BCUT2D eigenvalue weighted by Gasteiger charge is -2.10. The first-order valence-corrected chi connectivity index (χ1v) is 8.57. The number of benzene rings is 1. The van der Waals surface area contributed by atoms with E-state index >= 15 is 0 Å². The van der Waals surface area contributed by atoms with Gasteiger partial charge in [-0.2, -0.15) is 5.10 Å². The maximum Gasteiger partial charge on any atom is 0.272 e. The van der Waals surface area contributed by atoms with Gasteiger partial charge >= 0.3 is 0 Å². The van der Waals surface area contributed by atoms with E-state index in [1.807, 2.05) is 24.3 Å². The number of fused-ring (bicyclic) bond motifs is 1. The number of rotatable bonds is 3. The molecule has 1 unspecified atom stereocenters. The number of allylic oxidation sites excluding steroid dienone is 1. The molecule has 2 amide bonds. The van der Waals surface area contributed by atoms with E-state index in [0.29, 0.717) is 16.3 Å². The molecule has 7 nitrogen and oxygen atoms in total. The molecule has 1 aromatic heterocycles. The van der Waals surface area contributed by atoms with E-state index in [-0.39, 0.29) is 11.1 Å². The average molecular weight is 376 g/mol. The molecule has 25 heavy (non-hydrogen) atoms. The lowest BCUT2D eigenvalue weighted by atomic mass is 10.0. The van der Waals surface area contributed by atoms with Gasteiger partial charge in [-0.15, -0.1) is 16.4 Å². The summed E-state index contributed by atoms with van der Waals surface area (Å²) in [5.41, 5.74) is 6.41.